The lowest BCUT2D eigenvalue weighted by Crippen LogP contribution is -2.18. The molecule has 0 radical (unpaired) electrons. The molecule has 1 aromatic rings. The minimum atomic E-state index is -0.157. The average molecular weight is 190 g/mol. The van der Waals surface area contributed by atoms with Crippen LogP contribution in [0.2, 0.25) is 0 Å². The van der Waals surface area contributed by atoms with Crippen LogP contribution in [0.25, 0.3) is 0 Å². The number of benzene rings is 1. The highest BCUT2D eigenvalue weighted by Crippen LogP contribution is 2.08. The number of rotatable bonds is 2. The topological polar surface area (TPSA) is 50.7 Å². The van der Waals surface area contributed by atoms with Gasteiger partial charge in [-0.1, -0.05) is 24.3 Å². The van der Waals surface area contributed by atoms with Crippen molar-refractivity contribution in [2.75, 3.05) is 0 Å². The van der Waals surface area contributed by atoms with E-state index in [0.717, 1.165) is 11.8 Å². The Morgan fingerprint density at radius 3 is 2.64 bits per heavy atom. The molecule has 1 N–H and O–H groups in total. The molecule has 1 aromatic carbocycles. The van der Waals surface area contributed by atoms with Crippen molar-refractivity contribution in [1.82, 2.24) is 5.48 Å². The number of hydrogen-bond acceptors (Lipinski definition) is 4. The van der Waals surface area contributed by atoms with E-state index in [1.54, 1.807) is 12.1 Å². The van der Waals surface area contributed by atoms with Gasteiger partial charge >= 0.3 is 0 Å². The van der Waals surface area contributed by atoms with Gasteiger partial charge < -0.3 is 0 Å². The largest absolute Gasteiger partial charge is 0.298 e. The first-order chi connectivity index (χ1) is 6.79. The Bertz CT molecular complexity index is 370. The third-order valence-corrected chi connectivity index (χ3v) is 1.96. The lowest BCUT2D eigenvalue weighted by molar-refractivity contribution is 0.0504. The fraction of sp³-hybridized carbons (Fsp3) is 0.200. The lowest BCUT2D eigenvalue weighted by Gasteiger charge is -2.00. The van der Waals surface area contributed by atoms with Gasteiger partial charge in [-0.2, -0.15) is 0 Å². The van der Waals surface area contributed by atoms with E-state index in [2.05, 4.69) is 10.5 Å². The van der Waals surface area contributed by atoms with Crippen molar-refractivity contribution in [3.8, 4) is 0 Å². The number of aldehydes is 1. The first kappa shape index (κ1) is 8.90. The maximum Gasteiger partial charge on any atom is 0.174 e. The number of carbonyl (C=O) groups excluding carboxylic acids is 1. The van der Waals surface area contributed by atoms with Crippen LogP contribution in [0.5, 0.6) is 0 Å². The normalized spacial score (nSPS) is 20.1. The summed E-state index contributed by atoms with van der Waals surface area (Å²) < 4.78 is 0. The smallest absolute Gasteiger partial charge is 0.174 e. The van der Waals surface area contributed by atoms with Crippen molar-refractivity contribution in [1.29, 1.82) is 0 Å². The third-order valence-electron chi connectivity index (χ3n) is 1.96. The Balaban J connectivity index is 2.25. The highest BCUT2D eigenvalue weighted by atomic mass is 16.7. The van der Waals surface area contributed by atoms with Crippen molar-refractivity contribution in [2.24, 2.45) is 4.99 Å². The molecule has 72 valence electrons. The second-order valence-electron chi connectivity index (χ2n) is 3.04. The van der Waals surface area contributed by atoms with Crippen molar-refractivity contribution in [3.05, 3.63) is 35.4 Å². The molecule has 1 aliphatic rings. The number of carbonyl (C=O) groups is 1. The van der Waals surface area contributed by atoms with Crippen molar-refractivity contribution >= 4 is 12.1 Å². The molecule has 0 saturated heterocycles. The van der Waals surface area contributed by atoms with Gasteiger partial charge in [0, 0.05) is 11.1 Å². The van der Waals surface area contributed by atoms with Gasteiger partial charge in [0.25, 0.3) is 0 Å². The van der Waals surface area contributed by atoms with E-state index in [9.17, 15) is 4.79 Å². The summed E-state index contributed by atoms with van der Waals surface area (Å²) in [5.74, 6) is 0.704. The molecule has 0 fully saturated rings. The average Bonchev–Trinajstić information content (AvgIpc) is 2.65. The lowest BCUT2D eigenvalue weighted by atomic mass is 10.1. The number of aliphatic imine (C=N–C) groups is 1. The zero-order valence-electron chi connectivity index (χ0n) is 7.73. The van der Waals surface area contributed by atoms with E-state index in [1.807, 2.05) is 19.1 Å². The molecule has 2 rings (SSSR count). The quantitative estimate of drug-likeness (QED) is 0.711. The Morgan fingerprint density at radius 2 is 2.14 bits per heavy atom. The van der Waals surface area contributed by atoms with Gasteiger partial charge in [0.2, 0.25) is 0 Å². The summed E-state index contributed by atoms with van der Waals surface area (Å²) in [4.78, 5) is 19.7. The molecule has 4 nitrogen and oxygen atoms in total. The molecule has 1 unspecified atom stereocenters. The van der Waals surface area contributed by atoms with E-state index in [0.29, 0.717) is 11.4 Å². The Hall–Kier alpha value is -1.68. The highest BCUT2D eigenvalue weighted by Gasteiger charge is 2.13. The fourth-order valence-corrected chi connectivity index (χ4v) is 1.23. The van der Waals surface area contributed by atoms with Gasteiger partial charge in [0.15, 0.2) is 12.1 Å². The summed E-state index contributed by atoms with van der Waals surface area (Å²) in [5, 5.41) is 0. The number of hydroxylamine groups is 1. The van der Waals surface area contributed by atoms with Gasteiger partial charge in [0.05, 0.1) is 0 Å². The van der Waals surface area contributed by atoms with E-state index < -0.39 is 0 Å². The number of hydrogen-bond donors (Lipinski definition) is 1. The van der Waals surface area contributed by atoms with Crippen LogP contribution in [0.15, 0.2) is 29.3 Å². The zero-order chi connectivity index (χ0) is 9.97. The summed E-state index contributed by atoms with van der Waals surface area (Å²) in [7, 11) is 0. The molecule has 0 bridgehead atoms. The molecule has 0 aliphatic carbocycles. The van der Waals surface area contributed by atoms with Crippen LogP contribution in [-0.4, -0.2) is 18.3 Å². The van der Waals surface area contributed by atoms with Gasteiger partial charge in [0.1, 0.15) is 6.29 Å². The minimum absolute atomic E-state index is 0.157. The molecule has 1 atom stereocenters. The summed E-state index contributed by atoms with van der Waals surface area (Å²) in [5.41, 5.74) is 4.29. The molecule has 14 heavy (non-hydrogen) atoms. The SMILES string of the molecule is CC1N=C(c2ccc(C=O)cc2)NO1. The van der Waals surface area contributed by atoms with Crippen LogP contribution < -0.4 is 5.48 Å². The summed E-state index contributed by atoms with van der Waals surface area (Å²) in [6.45, 7) is 1.85. The van der Waals surface area contributed by atoms with E-state index >= 15 is 0 Å². The van der Waals surface area contributed by atoms with Gasteiger partial charge in [-0.3, -0.25) is 4.79 Å². The second-order valence-corrected chi connectivity index (χ2v) is 3.04. The predicted molar refractivity (Wildman–Crippen MR) is 52.0 cm³/mol. The fourth-order valence-electron chi connectivity index (χ4n) is 1.23. The van der Waals surface area contributed by atoms with E-state index in [4.69, 9.17) is 4.84 Å². The molecule has 0 spiro atoms. The van der Waals surface area contributed by atoms with Gasteiger partial charge in [-0.05, 0) is 6.92 Å². The Kier molecular flexibility index (Phi) is 2.28. The van der Waals surface area contributed by atoms with Crippen LogP contribution in [0.4, 0.5) is 0 Å². The first-order valence-electron chi connectivity index (χ1n) is 4.34. The number of nitrogens with zero attached hydrogens (tertiary/aromatic N) is 1. The van der Waals surface area contributed by atoms with Crippen LogP contribution in [0, 0.1) is 0 Å². The molecule has 0 aromatic heterocycles. The number of amidine groups is 1. The molecule has 1 heterocycles. The van der Waals surface area contributed by atoms with Crippen LogP contribution >= 0.6 is 0 Å². The van der Waals surface area contributed by atoms with E-state index in [1.165, 1.54) is 0 Å². The van der Waals surface area contributed by atoms with Crippen LogP contribution in [0.3, 0.4) is 0 Å². The predicted octanol–water partition coefficient (Wildman–Crippen LogP) is 1.13. The van der Waals surface area contributed by atoms with Gasteiger partial charge in [-0.25, -0.2) is 15.3 Å². The molecule has 1 aliphatic heterocycles. The summed E-state index contributed by atoms with van der Waals surface area (Å²) in [6.07, 6.45) is 0.656. The number of nitrogens with one attached hydrogen (secondary N) is 1. The van der Waals surface area contributed by atoms with Crippen molar-refractivity contribution in [2.45, 2.75) is 13.2 Å². The highest BCUT2D eigenvalue weighted by molar-refractivity contribution is 5.99. The molecule has 0 amide bonds. The Labute approximate surface area is 81.6 Å². The summed E-state index contributed by atoms with van der Waals surface area (Å²) in [6, 6.07) is 7.15. The molecular formula is C10H10N2O2. The van der Waals surface area contributed by atoms with Crippen molar-refractivity contribution in [3.63, 3.8) is 0 Å². The van der Waals surface area contributed by atoms with E-state index in [-0.39, 0.29) is 6.23 Å². The zero-order valence-corrected chi connectivity index (χ0v) is 7.73. The molecule has 4 heteroatoms. The molecular weight excluding hydrogens is 180 g/mol. The molecule has 0 saturated carbocycles. The van der Waals surface area contributed by atoms with Crippen LogP contribution in [-0.2, 0) is 4.84 Å². The standard InChI is InChI=1S/C10H10N2O2/c1-7-11-10(12-14-7)9-4-2-8(6-13)3-5-9/h2-7H,1H3,(H,11,12). The first-order valence-corrected chi connectivity index (χ1v) is 4.34. The van der Waals surface area contributed by atoms with Crippen LogP contribution in [0.1, 0.15) is 22.8 Å². The van der Waals surface area contributed by atoms with Gasteiger partial charge in [-0.15, -0.1) is 0 Å². The third kappa shape index (κ3) is 1.65. The monoisotopic (exact) mass is 190 g/mol. The Morgan fingerprint density at radius 1 is 1.43 bits per heavy atom. The summed E-state index contributed by atoms with van der Waals surface area (Å²) >= 11 is 0. The van der Waals surface area contributed by atoms with Crippen molar-refractivity contribution < 1.29 is 9.63 Å². The second kappa shape index (κ2) is 3.59. The maximum atomic E-state index is 10.4. The maximum absolute atomic E-state index is 10.4. The minimum Gasteiger partial charge on any atom is -0.298 e.